The number of hydroxylamine groups is 1. The number of rotatable bonds is 1. The highest BCUT2D eigenvalue weighted by Gasteiger charge is 2.09. The van der Waals surface area contributed by atoms with E-state index < -0.39 is 5.91 Å². The summed E-state index contributed by atoms with van der Waals surface area (Å²) in [5.41, 5.74) is 3.33. The lowest BCUT2D eigenvalue weighted by molar-refractivity contribution is 0.0706. The summed E-state index contributed by atoms with van der Waals surface area (Å²) in [6.07, 6.45) is 0. The summed E-state index contributed by atoms with van der Waals surface area (Å²) in [7, 11) is 0. The first-order chi connectivity index (χ1) is 10.9. The minimum Gasteiger partial charge on any atom is -0.358 e. The molecule has 0 saturated carbocycles. The van der Waals surface area contributed by atoms with Gasteiger partial charge in [-0.3, -0.25) is 14.8 Å². The van der Waals surface area contributed by atoms with E-state index in [1.54, 1.807) is 25.1 Å². The first-order valence-corrected chi connectivity index (χ1v) is 6.82. The zero-order valence-electron chi connectivity index (χ0n) is 12.3. The molecule has 8 nitrogen and oxygen atoms in total. The van der Waals surface area contributed by atoms with E-state index in [1.165, 1.54) is 11.5 Å². The molecule has 3 rings (SSSR count). The maximum absolute atomic E-state index is 10.9. The van der Waals surface area contributed by atoms with E-state index in [1.807, 2.05) is 6.92 Å². The third kappa shape index (κ3) is 3.93. The average Bonchev–Trinajstić information content (AvgIpc) is 2.88. The Morgan fingerprint density at radius 2 is 1.87 bits per heavy atom. The number of hydrogen-bond acceptors (Lipinski definition) is 6. The molecule has 23 heavy (non-hydrogen) atoms. The molecule has 0 bridgehead atoms. The van der Waals surface area contributed by atoms with E-state index in [0.717, 1.165) is 11.4 Å². The molecule has 0 spiro atoms. The summed E-state index contributed by atoms with van der Waals surface area (Å²) < 4.78 is 4.78. The monoisotopic (exact) mass is 336 g/mol. The van der Waals surface area contributed by atoms with Gasteiger partial charge in [0.05, 0.1) is 5.56 Å². The Bertz CT molecular complexity index is 903. The predicted molar refractivity (Wildman–Crippen MR) is 82.6 cm³/mol. The van der Waals surface area contributed by atoms with Crippen LogP contribution in [0.15, 0.2) is 33.6 Å². The standard InChI is InChI=1S/C7H7ClN2O2.C7H6N2O2/c1-4-2-3-5(6(8)9-4)7(11)10-12;1-4-2-3-5-6(10)9-11-7(5)8-4/h2-3,12H,1H3,(H,10,11);2-3H,1H3,(H,9,10). The maximum Gasteiger partial charge on any atom is 0.289 e. The van der Waals surface area contributed by atoms with Crippen molar-refractivity contribution < 1.29 is 14.5 Å². The maximum atomic E-state index is 10.9. The summed E-state index contributed by atoms with van der Waals surface area (Å²) >= 11 is 5.62. The number of aromatic amines is 1. The van der Waals surface area contributed by atoms with Crippen molar-refractivity contribution in [3.63, 3.8) is 0 Å². The Kier molecular flexibility index (Phi) is 5.09. The topological polar surface area (TPSA) is 121 Å². The number of carbonyl (C=O) groups excluding carboxylic acids is 1. The molecule has 120 valence electrons. The fraction of sp³-hybridized carbons (Fsp3) is 0.143. The van der Waals surface area contributed by atoms with Crippen molar-refractivity contribution >= 4 is 28.6 Å². The number of nitrogens with zero attached hydrogens (tertiary/aromatic N) is 2. The van der Waals surface area contributed by atoms with Crippen LogP contribution in [-0.2, 0) is 0 Å². The average molecular weight is 337 g/mol. The van der Waals surface area contributed by atoms with Crippen LogP contribution in [0.1, 0.15) is 21.7 Å². The molecule has 0 aliphatic carbocycles. The minimum atomic E-state index is -0.660. The van der Waals surface area contributed by atoms with E-state index in [2.05, 4.69) is 15.1 Å². The Labute approximate surface area is 135 Å². The Morgan fingerprint density at radius 3 is 2.52 bits per heavy atom. The highest BCUT2D eigenvalue weighted by Crippen LogP contribution is 2.12. The number of pyridine rings is 2. The second-order valence-corrected chi connectivity index (χ2v) is 4.93. The van der Waals surface area contributed by atoms with Gasteiger partial charge < -0.3 is 4.52 Å². The highest BCUT2D eigenvalue weighted by molar-refractivity contribution is 6.32. The van der Waals surface area contributed by atoms with Gasteiger partial charge in [-0.05, 0) is 38.1 Å². The molecular weight excluding hydrogens is 324 g/mol. The molecule has 3 aromatic rings. The van der Waals surface area contributed by atoms with E-state index in [4.69, 9.17) is 21.3 Å². The number of fused-ring (bicyclic) bond motifs is 1. The van der Waals surface area contributed by atoms with E-state index in [0.29, 0.717) is 11.1 Å². The minimum absolute atomic E-state index is 0.0848. The molecule has 0 aliphatic heterocycles. The zero-order chi connectivity index (χ0) is 17.0. The van der Waals surface area contributed by atoms with Gasteiger partial charge in [0.2, 0.25) is 0 Å². The number of nitrogens with one attached hydrogen (secondary N) is 2. The van der Waals surface area contributed by atoms with E-state index in [-0.39, 0.29) is 16.3 Å². The summed E-state index contributed by atoms with van der Waals surface area (Å²) in [5, 5.41) is 11.1. The summed E-state index contributed by atoms with van der Waals surface area (Å²) in [5.74, 6) is -0.660. The number of H-pyrrole nitrogens is 1. The molecule has 9 heteroatoms. The van der Waals surface area contributed by atoms with Crippen molar-refractivity contribution in [1.29, 1.82) is 0 Å². The van der Waals surface area contributed by atoms with E-state index >= 15 is 0 Å². The lowest BCUT2D eigenvalue weighted by Gasteiger charge is -2.00. The van der Waals surface area contributed by atoms with Gasteiger partial charge in [-0.1, -0.05) is 11.6 Å². The lowest BCUT2D eigenvalue weighted by Crippen LogP contribution is -2.19. The molecule has 0 fully saturated rings. The number of aryl methyl sites for hydroxylation is 2. The van der Waals surface area contributed by atoms with Crippen molar-refractivity contribution in [3.05, 3.63) is 56.7 Å². The quantitative estimate of drug-likeness (QED) is 0.355. The molecule has 3 N–H and O–H groups in total. The second-order valence-electron chi connectivity index (χ2n) is 4.57. The summed E-state index contributed by atoms with van der Waals surface area (Å²) in [6.45, 7) is 3.60. The lowest BCUT2D eigenvalue weighted by atomic mass is 10.2. The van der Waals surface area contributed by atoms with Gasteiger partial charge in [-0.2, -0.15) is 5.16 Å². The van der Waals surface area contributed by atoms with Crippen LogP contribution in [-0.4, -0.2) is 26.2 Å². The Balaban J connectivity index is 0.000000167. The van der Waals surface area contributed by atoms with Crippen molar-refractivity contribution in [2.45, 2.75) is 13.8 Å². The van der Waals surface area contributed by atoms with Crippen molar-refractivity contribution in [1.82, 2.24) is 20.6 Å². The molecule has 0 radical (unpaired) electrons. The second kappa shape index (κ2) is 7.03. The van der Waals surface area contributed by atoms with Gasteiger partial charge in [0.1, 0.15) is 10.5 Å². The molecule has 3 heterocycles. The van der Waals surface area contributed by atoms with Crippen molar-refractivity contribution in [3.8, 4) is 0 Å². The van der Waals surface area contributed by atoms with Crippen LogP contribution in [0.25, 0.3) is 11.1 Å². The fourth-order valence-electron chi connectivity index (χ4n) is 1.69. The Morgan fingerprint density at radius 1 is 1.22 bits per heavy atom. The fourth-order valence-corrected chi connectivity index (χ4v) is 1.97. The molecule has 3 aromatic heterocycles. The van der Waals surface area contributed by atoms with Gasteiger partial charge in [0, 0.05) is 11.4 Å². The molecule has 0 aliphatic rings. The number of amides is 1. The first kappa shape index (κ1) is 16.7. The first-order valence-electron chi connectivity index (χ1n) is 6.44. The van der Waals surface area contributed by atoms with Gasteiger partial charge in [-0.25, -0.2) is 15.4 Å². The number of hydrogen-bond donors (Lipinski definition) is 3. The zero-order valence-corrected chi connectivity index (χ0v) is 13.0. The van der Waals surface area contributed by atoms with Crippen LogP contribution < -0.4 is 11.0 Å². The third-order valence-corrected chi connectivity index (χ3v) is 3.11. The largest absolute Gasteiger partial charge is 0.358 e. The highest BCUT2D eigenvalue weighted by atomic mass is 35.5. The molecule has 1 amide bonds. The summed E-state index contributed by atoms with van der Waals surface area (Å²) in [4.78, 5) is 29.6. The van der Waals surface area contributed by atoms with Crippen LogP contribution >= 0.6 is 11.6 Å². The smallest absolute Gasteiger partial charge is 0.289 e. The normalized spacial score (nSPS) is 10.1. The molecule has 0 unspecified atom stereocenters. The van der Waals surface area contributed by atoms with Crippen LogP contribution in [0.2, 0.25) is 5.15 Å². The molecule has 0 atom stereocenters. The predicted octanol–water partition coefficient (Wildman–Crippen LogP) is 1.99. The van der Waals surface area contributed by atoms with Gasteiger partial charge in [-0.15, -0.1) is 0 Å². The van der Waals surface area contributed by atoms with Gasteiger partial charge in [0.25, 0.3) is 17.2 Å². The number of halogens is 1. The van der Waals surface area contributed by atoms with Crippen LogP contribution in [0, 0.1) is 13.8 Å². The van der Waals surface area contributed by atoms with Gasteiger partial charge in [0.15, 0.2) is 0 Å². The summed E-state index contributed by atoms with van der Waals surface area (Å²) in [6, 6.07) is 6.60. The van der Waals surface area contributed by atoms with Gasteiger partial charge >= 0.3 is 0 Å². The Hall–Kier alpha value is -2.71. The molecular formula is C14H13ClN4O4. The number of aromatic nitrogens is 3. The SMILES string of the molecule is Cc1ccc(C(=O)NO)c(Cl)n1.Cc1ccc2c(=O)[nH]oc2n1. The molecule has 0 saturated heterocycles. The third-order valence-electron chi connectivity index (χ3n) is 2.82. The van der Waals surface area contributed by atoms with Crippen molar-refractivity contribution in [2.75, 3.05) is 0 Å². The van der Waals surface area contributed by atoms with Crippen molar-refractivity contribution in [2.24, 2.45) is 0 Å². The van der Waals surface area contributed by atoms with Crippen LogP contribution in [0.5, 0.6) is 0 Å². The number of carbonyl (C=O) groups is 1. The van der Waals surface area contributed by atoms with Crippen LogP contribution in [0.3, 0.4) is 0 Å². The molecule has 0 aromatic carbocycles. The van der Waals surface area contributed by atoms with Crippen LogP contribution in [0.4, 0.5) is 0 Å². The van der Waals surface area contributed by atoms with E-state index in [9.17, 15) is 9.59 Å².